The monoisotopic (exact) mass is 464 g/mol. The maximum atomic E-state index is 15.3. The highest BCUT2D eigenvalue weighted by Crippen LogP contribution is 2.40. The van der Waals surface area contributed by atoms with Gasteiger partial charge in [0.15, 0.2) is 17.3 Å². The molecule has 7 nitrogen and oxygen atoms in total. The molecule has 9 heteroatoms. The maximum Gasteiger partial charge on any atom is 0.185 e. The normalized spacial score (nSPS) is 22.6. The van der Waals surface area contributed by atoms with Gasteiger partial charge in [0.05, 0.1) is 17.8 Å². The molecule has 2 heterocycles. The Hall–Kier alpha value is -3.12. The summed E-state index contributed by atoms with van der Waals surface area (Å²) in [7, 11) is 0. The van der Waals surface area contributed by atoms with Crippen molar-refractivity contribution in [3.63, 3.8) is 0 Å². The largest absolute Gasteiger partial charge is 0.507 e. The summed E-state index contributed by atoms with van der Waals surface area (Å²) < 4.78 is 15.3. The number of thiazole rings is 1. The number of nitrogens with zero attached hydrogens (tertiary/aromatic N) is 6. The van der Waals surface area contributed by atoms with E-state index in [1.807, 2.05) is 12.1 Å². The van der Waals surface area contributed by atoms with Crippen molar-refractivity contribution >= 4 is 17.2 Å². The van der Waals surface area contributed by atoms with Crippen LogP contribution in [0.5, 0.6) is 5.75 Å². The predicted molar refractivity (Wildman–Crippen MR) is 125 cm³/mol. The molecule has 2 saturated carbocycles. The number of anilines is 1. The summed E-state index contributed by atoms with van der Waals surface area (Å²) in [6.07, 6.45) is 6.51. The van der Waals surface area contributed by atoms with E-state index >= 15 is 4.39 Å². The average Bonchev–Trinajstić information content (AvgIpc) is 3.55. The minimum Gasteiger partial charge on any atom is -0.507 e. The van der Waals surface area contributed by atoms with E-state index in [2.05, 4.69) is 32.0 Å². The highest BCUT2D eigenvalue weighted by molar-refractivity contribution is 7.13. The van der Waals surface area contributed by atoms with Crippen LogP contribution in [0.2, 0.25) is 0 Å². The molecule has 3 atom stereocenters. The first-order chi connectivity index (χ1) is 16.1. The van der Waals surface area contributed by atoms with Gasteiger partial charge in [-0.25, -0.2) is 14.4 Å². The summed E-state index contributed by atoms with van der Waals surface area (Å²) in [6.45, 7) is 2.06. The molecule has 1 aromatic carbocycles. The van der Waals surface area contributed by atoms with E-state index in [1.165, 1.54) is 11.3 Å². The number of nitriles is 1. The molecule has 1 N–H and O–H groups in total. The number of halogens is 1. The third-order valence-electron chi connectivity index (χ3n) is 6.63. The number of aromatic hydroxyl groups is 1. The smallest absolute Gasteiger partial charge is 0.185 e. The van der Waals surface area contributed by atoms with Gasteiger partial charge in [-0.1, -0.05) is 25.8 Å². The zero-order valence-electron chi connectivity index (χ0n) is 18.4. The van der Waals surface area contributed by atoms with E-state index in [-0.39, 0.29) is 17.7 Å². The molecule has 33 heavy (non-hydrogen) atoms. The van der Waals surface area contributed by atoms with E-state index in [1.54, 1.807) is 23.7 Å². The maximum absolute atomic E-state index is 15.3. The van der Waals surface area contributed by atoms with Gasteiger partial charge in [0.1, 0.15) is 23.0 Å². The fourth-order valence-electron chi connectivity index (χ4n) is 4.75. The zero-order chi connectivity index (χ0) is 22.9. The van der Waals surface area contributed by atoms with Crippen molar-refractivity contribution < 1.29 is 9.50 Å². The molecule has 2 aliphatic rings. The Labute approximate surface area is 196 Å². The molecule has 0 amide bonds. The van der Waals surface area contributed by atoms with Crippen molar-refractivity contribution in [3.8, 4) is 33.8 Å². The third-order valence-corrected chi connectivity index (χ3v) is 7.52. The molecular formula is C24H25FN6OS. The summed E-state index contributed by atoms with van der Waals surface area (Å²) >= 11 is 1.34. The van der Waals surface area contributed by atoms with Crippen LogP contribution < -0.4 is 4.90 Å². The number of phenols is 1. The van der Waals surface area contributed by atoms with E-state index in [0.29, 0.717) is 39.5 Å². The standard InChI is InChI=1S/C24H25FN6OS/c1-2-14-4-3-5-19(22(14)25)31(17-7-8-17)21-12-27-23(30-29-21)18-9-6-15(10-20(18)32)24-28-16(11-26)13-33-24/h6,9-10,12-14,17,19,22,32H,2-5,7-8H2,1H3/t14-,19+,22-/m1/s1. The lowest BCUT2D eigenvalue weighted by molar-refractivity contribution is 0.130. The van der Waals surface area contributed by atoms with Crippen LogP contribution in [0, 0.1) is 17.2 Å². The van der Waals surface area contributed by atoms with Crippen molar-refractivity contribution in [1.29, 1.82) is 5.26 Å². The summed E-state index contributed by atoms with van der Waals surface area (Å²) in [6, 6.07) is 7.25. The van der Waals surface area contributed by atoms with Crippen molar-refractivity contribution in [2.75, 3.05) is 4.90 Å². The van der Waals surface area contributed by atoms with Gasteiger partial charge in [0.2, 0.25) is 0 Å². The van der Waals surface area contributed by atoms with Crippen molar-refractivity contribution in [2.45, 2.75) is 63.7 Å². The van der Waals surface area contributed by atoms with Crippen LogP contribution >= 0.6 is 11.3 Å². The highest BCUT2D eigenvalue weighted by Gasteiger charge is 2.42. The molecule has 2 aliphatic carbocycles. The van der Waals surface area contributed by atoms with Gasteiger partial charge in [-0.05, 0) is 43.7 Å². The van der Waals surface area contributed by atoms with E-state index in [4.69, 9.17) is 5.26 Å². The first kappa shape index (κ1) is 21.7. The summed E-state index contributed by atoms with van der Waals surface area (Å²) in [5, 5.41) is 30.6. The molecule has 2 fully saturated rings. The lowest BCUT2D eigenvalue weighted by Crippen LogP contribution is -2.49. The van der Waals surface area contributed by atoms with Gasteiger partial charge in [-0.3, -0.25) is 0 Å². The molecule has 2 aromatic heterocycles. The van der Waals surface area contributed by atoms with Gasteiger partial charge in [-0.2, -0.15) is 5.26 Å². The number of phenolic OH excluding ortho intramolecular Hbond substituents is 1. The molecule has 0 unspecified atom stereocenters. The number of aromatic nitrogens is 4. The minimum atomic E-state index is -0.866. The number of benzene rings is 1. The summed E-state index contributed by atoms with van der Waals surface area (Å²) in [4.78, 5) is 10.8. The van der Waals surface area contributed by atoms with Crippen LogP contribution in [0.4, 0.5) is 10.2 Å². The van der Waals surface area contributed by atoms with Gasteiger partial charge < -0.3 is 10.0 Å². The number of rotatable bonds is 6. The predicted octanol–water partition coefficient (Wildman–Crippen LogP) is 5.12. The second-order valence-electron chi connectivity index (χ2n) is 8.77. The van der Waals surface area contributed by atoms with Crippen LogP contribution in [0.15, 0.2) is 29.8 Å². The number of alkyl halides is 1. The fraction of sp³-hybridized carbons (Fsp3) is 0.458. The van der Waals surface area contributed by atoms with E-state index in [9.17, 15) is 5.11 Å². The van der Waals surface area contributed by atoms with Crippen LogP contribution in [-0.4, -0.2) is 43.5 Å². The first-order valence-electron chi connectivity index (χ1n) is 11.4. The van der Waals surface area contributed by atoms with Gasteiger partial charge in [0, 0.05) is 17.0 Å². The summed E-state index contributed by atoms with van der Waals surface area (Å²) in [5.41, 5.74) is 1.52. The average molecular weight is 465 g/mol. The lowest BCUT2D eigenvalue weighted by atomic mass is 9.81. The van der Waals surface area contributed by atoms with Crippen molar-refractivity contribution in [2.24, 2.45) is 5.92 Å². The first-order valence-corrected chi connectivity index (χ1v) is 12.3. The molecule has 0 radical (unpaired) electrons. The summed E-state index contributed by atoms with van der Waals surface area (Å²) in [5.74, 6) is 1.02. The van der Waals surface area contributed by atoms with Crippen LogP contribution in [-0.2, 0) is 0 Å². The Bertz CT molecular complexity index is 1170. The van der Waals surface area contributed by atoms with Gasteiger partial charge in [0.25, 0.3) is 0 Å². The Morgan fingerprint density at radius 2 is 2.09 bits per heavy atom. The second-order valence-corrected chi connectivity index (χ2v) is 9.63. The minimum absolute atomic E-state index is 0.0108. The Morgan fingerprint density at radius 3 is 2.73 bits per heavy atom. The molecule has 5 rings (SSSR count). The molecule has 0 bridgehead atoms. The SMILES string of the molecule is CC[C@@H]1CCC[C@H](N(c2cnc(-c3ccc(-c4nc(C#N)cs4)cc3O)nn2)C2CC2)[C@@H]1F. The Morgan fingerprint density at radius 1 is 1.24 bits per heavy atom. The van der Waals surface area contributed by atoms with Crippen LogP contribution in [0.3, 0.4) is 0 Å². The third kappa shape index (κ3) is 4.27. The van der Waals surface area contributed by atoms with Gasteiger partial charge >= 0.3 is 0 Å². The van der Waals surface area contributed by atoms with Crippen molar-refractivity contribution in [3.05, 3.63) is 35.5 Å². The molecular weight excluding hydrogens is 439 g/mol. The second kappa shape index (κ2) is 9.02. The lowest BCUT2D eigenvalue weighted by Gasteiger charge is -2.40. The Kier molecular flexibility index (Phi) is 5.94. The zero-order valence-corrected chi connectivity index (χ0v) is 19.2. The quantitative estimate of drug-likeness (QED) is 0.540. The van der Waals surface area contributed by atoms with Crippen molar-refractivity contribution in [1.82, 2.24) is 20.2 Å². The highest BCUT2D eigenvalue weighted by atomic mass is 32.1. The van der Waals surface area contributed by atoms with Crippen LogP contribution in [0.1, 0.15) is 51.1 Å². The molecule has 0 spiro atoms. The fourth-order valence-corrected chi connectivity index (χ4v) is 5.49. The molecule has 0 saturated heterocycles. The molecule has 3 aromatic rings. The number of hydrogen-bond acceptors (Lipinski definition) is 8. The van der Waals surface area contributed by atoms with Crippen LogP contribution in [0.25, 0.3) is 22.0 Å². The number of hydrogen-bond donors (Lipinski definition) is 1. The van der Waals surface area contributed by atoms with Gasteiger partial charge in [-0.15, -0.1) is 21.5 Å². The molecule has 170 valence electrons. The Balaban J connectivity index is 1.39. The molecule has 0 aliphatic heterocycles. The van der Waals surface area contributed by atoms with E-state index < -0.39 is 6.17 Å². The van der Waals surface area contributed by atoms with E-state index in [0.717, 1.165) is 38.5 Å². The topological polar surface area (TPSA) is 98.8 Å².